The molecule has 1 aromatic carbocycles. The Morgan fingerprint density at radius 2 is 1.92 bits per heavy atom. The number of phenolic OH excluding ortho intramolecular Hbond substituents is 1. The van der Waals surface area contributed by atoms with E-state index in [2.05, 4.69) is 22.9 Å². The van der Waals surface area contributed by atoms with Crippen LogP contribution in [0.3, 0.4) is 0 Å². The van der Waals surface area contributed by atoms with E-state index in [1.165, 1.54) is 5.56 Å². The van der Waals surface area contributed by atoms with Gasteiger partial charge in [-0.15, -0.1) is 0 Å². The highest BCUT2D eigenvalue weighted by Gasteiger charge is 2.05. The first-order valence-electron chi connectivity index (χ1n) is 4.69. The number of hydrogen-bond donors (Lipinski definition) is 1. The summed E-state index contributed by atoms with van der Waals surface area (Å²) in [4.78, 5) is 0. The van der Waals surface area contributed by atoms with Gasteiger partial charge in [0.1, 0.15) is 5.75 Å². The van der Waals surface area contributed by atoms with Crippen molar-refractivity contribution in [1.82, 2.24) is 0 Å². The van der Waals surface area contributed by atoms with Crippen molar-refractivity contribution in [1.29, 1.82) is 0 Å². The fraction of sp³-hybridized carbons (Fsp3) is 0.455. The lowest BCUT2D eigenvalue weighted by Crippen LogP contribution is -1.89. The van der Waals surface area contributed by atoms with Gasteiger partial charge in [-0.05, 0) is 36.1 Å². The van der Waals surface area contributed by atoms with Crippen LogP contribution in [0.15, 0.2) is 16.6 Å². The van der Waals surface area contributed by atoms with E-state index in [1.54, 1.807) is 0 Å². The van der Waals surface area contributed by atoms with Gasteiger partial charge < -0.3 is 5.11 Å². The molecule has 0 spiro atoms. The number of rotatable bonds is 3. The van der Waals surface area contributed by atoms with Crippen molar-refractivity contribution >= 4 is 15.9 Å². The van der Waals surface area contributed by atoms with Crippen molar-refractivity contribution < 1.29 is 5.11 Å². The number of hydrogen-bond acceptors (Lipinski definition) is 1. The lowest BCUT2D eigenvalue weighted by molar-refractivity contribution is 0.468. The van der Waals surface area contributed by atoms with Gasteiger partial charge in [-0.2, -0.15) is 0 Å². The van der Waals surface area contributed by atoms with E-state index in [0.29, 0.717) is 5.75 Å². The van der Waals surface area contributed by atoms with Gasteiger partial charge in [0.25, 0.3) is 0 Å². The average Bonchev–Trinajstić information content (AvgIpc) is 2.11. The predicted octanol–water partition coefficient (Wildman–Crippen LogP) is 3.67. The van der Waals surface area contributed by atoms with Gasteiger partial charge in [-0.3, -0.25) is 0 Å². The molecule has 0 atom stereocenters. The van der Waals surface area contributed by atoms with Crippen LogP contribution in [0, 0.1) is 0 Å². The lowest BCUT2D eigenvalue weighted by Gasteiger charge is -2.07. The van der Waals surface area contributed by atoms with E-state index in [-0.39, 0.29) is 0 Å². The van der Waals surface area contributed by atoms with Crippen molar-refractivity contribution in [2.24, 2.45) is 0 Å². The number of aryl methyl sites for hydroxylation is 2. The molecule has 0 saturated heterocycles. The Labute approximate surface area is 87.9 Å². The zero-order valence-electron chi connectivity index (χ0n) is 8.10. The van der Waals surface area contributed by atoms with Crippen LogP contribution in [0.5, 0.6) is 5.75 Å². The quantitative estimate of drug-likeness (QED) is 0.858. The molecule has 2 heteroatoms. The zero-order chi connectivity index (χ0) is 9.84. The molecule has 1 N–H and O–H groups in total. The summed E-state index contributed by atoms with van der Waals surface area (Å²) >= 11 is 3.51. The summed E-state index contributed by atoms with van der Waals surface area (Å²) in [6.45, 7) is 4.18. The topological polar surface area (TPSA) is 20.2 Å². The molecule has 0 amide bonds. The highest BCUT2D eigenvalue weighted by molar-refractivity contribution is 9.10. The first-order chi connectivity index (χ1) is 6.19. The molecule has 0 bridgehead atoms. The SMILES string of the molecule is CCCc1cc(O)c(CC)cc1Br. The van der Waals surface area contributed by atoms with Crippen molar-refractivity contribution in [3.63, 3.8) is 0 Å². The molecule has 0 fully saturated rings. The van der Waals surface area contributed by atoms with Crippen LogP contribution in [0.25, 0.3) is 0 Å². The van der Waals surface area contributed by atoms with Gasteiger partial charge in [0.2, 0.25) is 0 Å². The molecule has 0 heterocycles. The van der Waals surface area contributed by atoms with Crippen molar-refractivity contribution in [3.8, 4) is 5.75 Å². The Bertz CT molecular complexity index is 294. The second-order valence-corrected chi connectivity index (χ2v) is 4.03. The number of benzene rings is 1. The molecule has 1 nitrogen and oxygen atoms in total. The first-order valence-corrected chi connectivity index (χ1v) is 5.48. The summed E-state index contributed by atoms with van der Waals surface area (Å²) in [7, 11) is 0. The Morgan fingerprint density at radius 1 is 1.23 bits per heavy atom. The standard InChI is InChI=1S/C11H15BrO/c1-3-5-9-7-11(13)8(4-2)6-10(9)12/h6-7,13H,3-5H2,1-2H3. The van der Waals surface area contributed by atoms with Gasteiger partial charge in [0.15, 0.2) is 0 Å². The Hall–Kier alpha value is -0.500. The molecular formula is C11H15BrO. The first kappa shape index (κ1) is 10.6. The largest absolute Gasteiger partial charge is 0.508 e. The molecule has 0 aromatic heterocycles. The Balaban J connectivity index is 3.05. The van der Waals surface area contributed by atoms with Crippen molar-refractivity contribution in [3.05, 3.63) is 27.7 Å². The second kappa shape index (κ2) is 4.66. The third kappa shape index (κ3) is 2.47. The summed E-state index contributed by atoms with van der Waals surface area (Å²) < 4.78 is 1.11. The minimum Gasteiger partial charge on any atom is -0.508 e. The molecule has 13 heavy (non-hydrogen) atoms. The molecule has 72 valence electrons. The fourth-order valence-electron chi connectivity index (χ4n) is 1.39. The maximum atomic E-state index is 9.62. The van der Waals surface area contributed by atoms with Crippen LogP contribution in [0.2, 0.25) is 0 Å². The monoisotopic (exact) mass is 242 g/mol. The summed E-state index contributed by atoms with van der Waals surface area (Å²) in [6.07, 6.45) is 2.98. The molecule has 0 saturated carbocycles. The molecule has 0 radical (unpaired) electrons. The normalized spacial score (nSPS) is 10.4. The summed E-state index contributed by atoms with van der Waals surface area (Å²) in [5.41, 5.74) is 2.20. The van der Waals surface area contributed by atoms with Crippen LogP contribution in [-0.2, 0) is 12.8 Å². The van der Waals surface area contributed by atoms with Crippen LogP contribution in [0.4, 0.5) is 0 Å². The minimum atomic E-state index is 0.425. The van der Waals surface area contributed by atoms with Crippen molar-refractivity contribution in [2.75, 3.05) is 0 Å². The minimum absolute atomic E-state index is 0.425. The fourth-order valence-corrected chi connectivity index (χ4v) is 1.98. The third-order valence-electron chi connectivity index (χ3n) is 2.15. The molecule has 0 aliphatic heterocycles. The third-order valence-corrected chi connectivity index (χ3v) is 2.89. The molecule has 0 aliphatic rings. The molecule has 1 aromatic rings. The average molecular weight is 243 g/mol. The highest BCUT2D eigenvalue weighted by Crippen LogP contribution is 2.27. The van der Waals surface area contributed by atoms with Gasteiger partial charge in [-0.25, -0.2) is 0 Å². The Morgan fingerprint density at radius 3 is 2.46 bits per heavy atom. The molecule has 1 rings (SSSR count). The molecule has 0 unspecified atom stereocenters. The maximum Gasteiger partial charge on any atom is 0.119 e. The maximum absolute atomic E-state index is 9.62. The second-order valence-electron chi connectivity index (χ2n) is 3.18. The smallest absolute Gasteiger partial charge is 0.119 e. The van der Waals surface area contributed by atoms with Crippen LogP contribution in [0.1, 0.15) is 31.4 Å². The summed E-state index contributed by atoms with van der Waals surface area (Å²) in [6, 6.07) is 3.88. The van der Waals surface area contributed by atoms with Gasteiger partial charge in [0.05, 0.1) is 0 Å². The van der Waals surface area contributed by atoms with Crippen molar-refractivity contribution in [2.45, 2.75) is 33.1 Å². The van der Waals surface area contributed by atoms with E-state index < -0.39 is 0 Å². The van der Waals surface area contributed by atoms with E-state index >= 15 is 0 Å². The number of aromatic hydroxyl groups is 1. The van der Waals surface area contributed by atoms with Crippen LogP contribution < -0.4 is 0 Å². The summed E-state index contributed by atoms with van der Waals surface area (Å²) in [5, 5.41) is 9.62. The zero-order valence-corrected chi connectivity index (χ0v) is 9.69. The van der Waals surface area contributed by atoms with E-state index in [9.17, 15) is 5.11 Å². The number of halogens is 1. The van der Waals surface area contributed by atoms with Gasteiger partial charge in [-0.1, -0.05) is 36.2 Å². The molecule has 0 aliphatic carbocycles. The van der Waals surface area contributed by atoms with Crippen LogP contribution >= 0.6 is 15.9 Å². The molecular weight excluding hydrogens is 228 g/mol. The van der Waals surface area contributed by atoms with Crippen LogP contribution in [-0.4, -0.2) is 5.11 Å². The van der Waals surface area contributed by atoms with E-state index in [0.717, 1.165) is 29.3 Å². The number of phenols is 1. The predicted molar refractivity (Wildman–Crippen MR) is 59.2 cm³/mol. The lowest BCUT2D eigenvalue weighted by atomic mass is 10.1. The van der Waals surface area contributed by atoms with Gasteiger partial charge in [0, 0.05) is 4.47 Å². The van der Waals surface area contributed by atoms with Gasteiger partial charge >= 0.3 is 0 Å². The van der Waals surface area contributed by atoms with E-state index in [4.69, 9.17) is 0 Å². The highest BCUT2D eigenvalue weighted by atomic mass is 79.9. The van der Waals surface area contributed by atoms with E-state index in [1.807, 2.05) is 19.1 Å². The summed E-state index contributed by atoms with van der Waals surface area (Å²) in [5.74, 6) is 0.425. The Kier molecular flexibility index (Phi) is 3.79.